The van der Waals surface area contributed by atoms with Gasteiger partial charge in [0.1, 0.15) is 22.3 Å². The minimum atomic E-state index is 0.836. The summed E-state index contributed by atoms with van der Waals surface area (Å²) in [5.74, 6) is 0. The predicted octanol–water partition coefficient (Wildman–Crippen LogP) is 13.9. The molecule has 0 atom stereocenters. The fraction of sp³-hybridized carbons (Fsp3) is 0. The van der Waals surface area contributed by atoms with Crippen LogP contribution in [0.1, 0.15) is 0 Å². The summed E-state index contributed by atoms with van der Waals surface area (Å²) in [6.45, 7) is 0. The lowest BCUT2D eigenvalue weighted by Gasteiger charge is -2.16. The van der Waals surface area contributed by atoms with Crippen LogP contribution in [0, 0.1) is 0 Å². The minimum absolute atomic E-state index is 0.836. The van der Waals surface area contributed by atoms with E-state index in [-0.39, 0.29) is 0 Å². The van der Waals surface area contributed by atoms with Gasteiger partial charge >= 0.3 is 0 Å². The zero-order valence-corrected chi connectivity index (χ0v) is 27.6. The monoisotopic (exact) mass is 653 g/mol. The van der Waals surface area contributed by atoms with Crippen LogP contribution in [0.15, 0.2) is 191 Å². The van der Waals surface area contributed by atoms with Gasteiger partial charge in [0.2, 0.25) is 0 Å². The Hall–Kier alpha value is -6.84. The van der Waals surface area contributed by atoms with E-state index in [1.165, 1.54) is 33.4 Å². The Morgan fingerprint density at radius 2 is 0.765 bits per heavy atom. The molecule has 51 heavy (non-hydrogen) atoms. The lowest BCUT2D eigenvalue weighted by Crippen LogP contribution is -1.92. The standard InChI is InChI=1S/C48H31NO2/c1-4-13-31(14-5-1)34-25-27-42-38(29-34)47-40(21-11-23-44(47)50-42)49-41-22-12-24-45-48(41)39-30-35(26-28-43(39)51-45)46-36(32-15-6-2-7-16-32)19-10-20-37(46)33-17-8-3-9-18-33/h1-30,49H. The molecule has 0 unspecified atom stereocenters. The Bertz CT molecular complexity index is 2810. The Kier molecular flexibility index (Phi) is 6.81. The quantitative estimate of drug-likeness (QED) is 0.194. The van der Waals surface area contributed by atoms with Crippen LogP contribution in [0.3, 0.4) is 0 Å². The maximum atomic E-state index is 6.50. The Morgan fingerprint density at radius 1 is 0.314 bits per heavy atom. The molecule has 3 nitrogen and oxygen atoms in total. The number of rotatable bonds is 6. The first-order chi connectivity index (χ1) is 25.3. The van der Waals surface area contributed by atoms with Gasteiger partial charge in [0.05, 0.1) is 22.1 Å². The molecular weight excluding hydrogens is 623 g/mol. The van der Waals surface area contributed by atoms with E-state index in [1.54, 1.807) is 0 Å². The predicted molar refractivity (Wildman–Crippen MR) is 212 cm³/mol. The number of hydrogen-bond acceptors (Lipinski definition) is 3. The molecule has 0 spiro atoms. The molecular formula is C48H31NO2. The van der Waals surface area contributed by atoms with Gasteiger partial charge in [-0.2, -0.15) is 0 Å². The van der Waals surface area contributed by atoms with Gasteiger partial charge in [0, 0.05) is 10.8 Å². The van der Waals surface area contributed by atoms with E-state index >= 15 is 0 Å². The molecule has 3 heteroatoms. The number of fused-ring (bicyclic) bond motifs is 6. The van der Waals surface area contributed by atoms with Crippen molar-refractivity contribution in [3.8, 4) is 44.5 Å². The second-order valence-corrected chi connectivity index (χ2v) is 12.9. The van der Waals surface area contributed by atoms with Crippen molar-refractivity contribution in [2.45, 2.75) is 0 Å². The fourth-order valence-electron chi connectivity index (χ4n) is 7.55. The van der Waals surface area contributed by atoms with E-state index in [2.05, 4.69) is 157 Å². The second kappa shape index (κ2) is 11.9. The summed E-state index contributed by atoms with van der Waals surface area (Å²) in [6.07, 6.45) is 0. The van der Waals surface area contributed by atoms with Crippen molar-refractivity contribution in [3.05, 3.63) is 182 Å². The summed E-state index contributed by atoms with van der Waals surface area (Å²) in [5.41, 5.74) is 14.8. The molecule has 0 bridgehead atoms. The molecule has 240 valence electrons. The van der Waals surface area contributed by atoms with Crippen molar-refractivity contribution in [3.63, 3.8) is 0 Å². The van der Waals surface area contributed by atoms with Crippen molar-refractivity contribution in [2.24, 2.45) is 0 Å². The first-order valence-corrected chi connectivity index (χ1v) is 17.3. The minimum Gasteiger partial charge on any atom is -0.456 e. The molecule has 0 aliphatic rings. The molecule has 0 radical (unpaired) electrons. The molecule has 0 saturated carbocycles. The van der Waals surface area contributed by atoms with Crippen molar-refractivity contribution in [2.75, 3.05) is 5.32 Å². The summed E-state index contributed by atoms with van der Waals surface area (Å²) in [6, 6.07) is 63.8. The number of anilines is 2. The number of nitrogens with one attached hydrogen (secondary N) is 1. The zero-order valence-electron chi connectivity index (χ0n) is 27.6. The highest BCUT2D eigenvalue weighted by Gasteiger charge is 2.19. The molecule has 2 heterocycles. The highest BCUT2D eigenvalue weighted by Crippen LogP contribution is 2.44. The molecule has 1 N–H and O–H groups in total. The summed E-state index contributed by atoms with van der Waals surface area (Å²) in [5, 5.41) is 8.05. The number of hydrogen-bond donors (Lipinski definition) is 1. The summed E-state index contributed by atoms with van der Waals surface area (Å²) in [7, 11) is 0. The Balaban J connectivity index is 1.15. The summed E-state index contributed by atoms with van der Waals surface area (Å²) >= 11 is 0. The molecule has 10 aromatic rings. The van der Waals surface area contributed by atoms with Gasteiger partial charge in [0.25, 0.3) is 0 Å². The molecule has 0 amide bonds. The molecule has 0 saturated heterocycles. The van der Waals surface area contributed by atoms with E-state index < -0.39 is 0 Å². The third-order valence-corrected chi connectivity index (χ3v) is 9.89. The van der Waals surface area contributed by atoms with Crippen LogP contribution in [-0.4, -0.2) is 0 Å². The third-order valence-electron chi connectivity index (χ3n) is 9.89. The lowest BCUT2D eigenvalue weighted by molar-refractivity contribution is 0.669. The van der Waals surface area contributed by atoms with E-state index in [9.17, 15) is 0 Å². The van der Waals surface area contributed by atoms with Gasteiger partial charge in [-0.1, -0.05) is 133 Å². The molecule has 8 aromatic carbocycles. The topological polar surface area (TPSA) is 38.3 Å². The van der Waals surface area contributed by atoms with Crippen molar-refractivity contribution < 1.29 is 8.83 Å². The van der Waals surface area contributed by atoms with E-state index in [4.69, 9.17) is 8.83 Å². The molecule has 10 rings (SSSR count). The van der Waals surface area contributed by atoms with Crippen LogP contribution in [0.4, 0.5) is 11.4 Å². The van der Waals surface area contributed by atoms with Gasteiger partial charge in [-0.05, 0) is 93.0 Å². The SMILES string of the molecule is c1ccc(-c2ccc3oc4cccc(Nc5cccc6oc7ccc(-c8c(-c9ccccc9)cccc8-c8ccccc8)cc7c56)c4c3c2)cc1. The van der Waals surface area contributed by atoms with Crippen molar-refractivity contribution in [1.82, 2.24) is 0 Å². The number of benzene rings is 8. The van der Waals surface area contributed by atoms with Crippen LogP contribution in [0.5, 0.6) is 0 Å². The first-order valence-electron chi connectivity index (χ1n) is 17.3. The zero-order chi connectivity index (χ0) is 33.7. The maximum absolute atomic E-state index is 6.50. The summed E-state index contributed by atoms with van der Waals surface area (Å²) in [4.78, 5) is 0. The highest BCUT2D eigenvalue weighted by atomic mass is 16.3. The normalized spacial score (nSPS) is 11.5. The Labute approximate surface area is 295 Å². The fourth-order valence-corrected chi connectivity index (χ4v) is 7.55. The van der Waals surface area contributed by atoms with Crippen molar-refractivity contribution >= 4 is 55.3 Å². The van der Waals surface area contributed by atoms with Gasteiger partial charge in [-0.3, -0.25) is 0 Å². The molecule has 2 aromatic heterocycles. The van der Waals surface area contributed by atoms with Gasteiger partial charge < -0.3 is 14.2 Å². The lowest BCUT2D eigenvalue weighted by atomic mass is 9.87. The largest absolute Gasteiger partial charge is 0.456 e. The van der Waals surface area contributed by atoms with Crippen LogP contribution in [-0.2, 0) is 0 Å². The summed E-state index contributed by atoms with van der Waals surface area (Å²) < 4.78 is 12.9. The van der Waals surface area contributed by atoms with Gasteiger partial charge in [-0.15, -0.1) is 0 Å². The molecule has 0 aliphatic heterocycles. The van der Waals surface area contributed by atoms with E-state index in [0.717, 1.165) is 66.4 Å². The van der Waals surface area contributed by atoms with Crippen LogP contribution < -0.4 is 5.32 Å². The average Bonchev–Trinajstić information content (AvgIpc) is 3.77. The highest BCUT2D eigenvalue weighted by molar-refractivity contribution is 6.17. The molecule has 0 aliphatic carbocycles. The maximum Gasteiger partial charge on any atom is 0.137 e. The van der Waals surface area contributed by atoms with Crippen molar-refractivity contribution in [1.29, 1.82) is 0 Å². The van der Waals surface area contributed by atoms with Crippen LogP contribution >= 0.6 is 0 Å². The van der Waals surface area contributed by atoms with E-state index in [1.807, 2.05) is 30.3 Å². The third kappa shape index (κ3) is 4.98. The van der Waals surface area contributed by atoms with Gasteiger partial charge in [-0.25, -0.2) is 0 Å². The second-order valence-electron chi connectivity index (χ2n) is 12.9. The molecule has 0 fully saturated rings. The van der Waals surface area contributed by atoms with Gasteiger partial charge in [0.15, 0.2) is 0 Å². The average molecular weight is 654 g/mol. The van der Waals surface area contributed by atoms with Crippen LogP contribution in [0.2, 0.25) is 0 Å². The smallest absolute Gasteiger partial charge is 0.137 e. The first kappa shape index (κ1) is 29.1. The Morgan fingerprint density at radius 3 is 1.29 bits per heavy atom. The van der Waals surface area contributed by atoms with Crippen LogP contribution in [0.25, 0.3) is 88.4 Å². The number of furan rings is 2. The van der Waals surface area contributed by atoms with E-state index in [0.29, 0.717) is 0 Å².